The lowest BCUT2D eigenvalue weighted by Gasteiger charge is -2.30. The van der Waals surface area contributed by atoms with Gasteiger partial charge in [-0.25, -0.2) is 14.2 Å². The molecule has 0 atom stereocenters. The van der Waals surface area contributed by atoms with Crippen LogP contribution >= 0.6 is 11.3 Å². The number of carbonyl (C=O) groups is 1. The van der Waals surface area contributed by atoms with Gasteiger partial charge in [0.15, 0.2) is 4.96 Å². The summed E-state index contributed by atoms with van der Waals surface area (Å²) in [5.74, 6) is 0.351. The fourth-order valence-electron chi connectivity index (χ4n) is 4.36. The van der Waals surface area contributed by atoms with Gasteiger partial charge in [-0.1, -0.05) is 12.1 Å². The van der Waals surface area contributed by atoms with Crippen molar-refractivity contribution in [3.63, 3.8) is 0 Å². The summed E-state index contributed by atoms with van der Waals surface area (Å²) in [5.41, 5.74) is 3.38. The van der Waals surface area contributed by atoms with Gasteiger partial charge in [-0.15, -0.1) is 11.3 Å². The van der Waals surface area contributed by atoms with Crippen molar-refractivity contribution in [2.75, 3.05) is 58.4 Å². The molecule has 3 heterocycles. The molecule has 0 saturated carbocycles. The van der Waals surface area contributed by atoms with Crippen molar-refractivity contribution >= 4 is 28.0 Å². The molecule has 0 unspecified atom stereocenters. The molecule has 4 aromatic rings. The summed E-state index contributed by atoms with van der Waals surface area (Å²) in [6.07, 6.45) is 2.64. The standard InChI is InChI=1S/C27H30FN5O3S/c1-35-25-5-3-2-4-23(25)29-26(34)32(13-12-31-14-16-36-17-15-31)11-10-22-19-37-27-30-24(18-33(22)27)20-6-8-21(28)9-7-20/h2-9,18-19H,10-17H2,1H3,(H,29,34). The Kier molecular flexibility index (Phi) is 7.98. The number of anilines is 1. The zero-order valence-electron chi connectivity index (χ0n) is 20.7. The van der Waals surface area contributed by atoms with Crippen LogP contribution in [0.3, 0.4) is 0 Å². The number of carbonyl (C=O) groups excluding carboxylic acids is 1. The fraction of sp³-hybridized carbons (Fsp3) is 0.333. The van der Waals surface area contributed by atoms with Gasteiger partial charge in [0, 0.05) is 62.0 Å². The quantitative estimate of drug-likeness (QED) is 0.347. The Bertz CT molecular complexity index is 1330. The van der Waals surface area contributed by atoms with Gasteiger partial charge in [-0.2, -0.15) is 0 Å². The second kappa shape index (κ2) is 11.7. The highest BCUT2D eigenvalue weighted by molar-refractivity contribution is 7.15. The summed E-state index contributed by atoms with van der Waals surface area (Å²) in [7, 11) is 1.59. The number of methoxy groups -OCH3 is 1. The first kappa shape index (κ1) is 25.2. The molecule has 0 radical (unpaired) electrons. The molecule has 1 fully saturated rings. The first-order valence-corrected chi connectivity index (χ1v) is 13.2. The van der Waals surface area contributed by atoms with E-state index in [4.69, 9.17) is 14.5 Å². The molecule has 1 saturated heterocycles. The van der Waals surface area contributed by atoms with Gasteiger partial charge in [0.1, 0.15) is 11.6 Å². The molecule has 2 amide bonds. The number of halogens is 1. The van der Waals surface area contributed by atoms with Crippen LogP contribution in [-0.4, -0.2) is 78.3 Å². The third-order valence-corrected chi connectivity index (χ3v) is 7.38. The van der Waals surface area contributed by atoms with Crippen LogP contribution < -0.4 is 10.1 Å². The smallest absolute Gasteiger partial charge is 0.322 e. The molecule has 1 aliphatic heterocycles. The SMILES string of the molecule is COc1ccccc1NC(=O)N(CCc1csc2nc(-c3ccc(F)cc3)cn12)CCN1CCOCC1. The number of imidazole rings is 1. The second-order valence-corrected chi connectivity index (χ2v) is 9.67. The van der Waals surface area contributed by atoms with Gasteiger partial charge in [-0.05, 0) is 36.4 Å². The number of nitrogens with zero attached hydrogens (tertiary/aromatic N) is 4. The Morgan fingerprint density at radius 2 is 1.95 bits per heavy atom. The number of nitrogens with one attached hydrogen (secondary N) is 1. The molecule has 1 aliphatic rings. The van der Waals surface area contributed by atoms with Gasteiger partial charge in [-0.3, -0.25) is 9.30 Å². The first-order valence-electron chi connectivity index (χ1n) is 12.3. The monoisotopic (exact) mass is 523 g/mol. The summed E-state index contributed by atoms with van der Waals surface area (Å²) in [4.78, 5) is 23.1. The van der Waals surface area contributed by atoms with Gasteiger partial charge in [0.25, 0.3) is 0 Å². The number of amides is 2. The molecule has 1 N–H and O–H groups in total. The van der Waals surface area contributed by atoms with Crippen LogP contribution in [0.1, 0.15) is 5.69 Å². The van der Waals surface area contributed by atoms with Crippen LogP contribution in [0, 0.1) is 5.82 Å². The molecule has 10 heteroatoms. The normalized spacial score (nSPS) is 14.1. The summed E-state index contributed by atoms with van der Waals surface area (Å²) < 4.78 is 26.3. The zero-order chi connectivity index (χ0) is 25.6. The van der Waals surface area contributed by atoms with Crippen molar-refractivity contribution < 1.29 is 18.7 Å². The van der Waals surface area contributed by atoms with Crippen LogP contribution in [0.15, 0.2) is 60.1 Å². The van der Waals surface area contributed by atoms with Gasteiger partial charge < -0.3 is 19.7 Å². The Morgan fingerprint density at radius 1 is 1.16 bits per heavy atom. The lowest BCUT2D eigenvalue weighted by atomic mass is 10.2. The lowest BCUT2D eigenvalue weighted by molar-refractivity contribution is 0.0352. The number of para-hydroxylation sites is 2. The van der Waals surface area contributed by atoms with Crippen LogP contribution in [0.2, 0.25) is 0 Å². The Labute approximate surface area is 219 Å². The summed E-state index contributed by atoms with van der Waals surface area (Å²) in [5, 5.41) is 5.10. The molecule has 37 heavy (non-hydrogen) atoms. The third-order valence-electron chi connectivity index (χ3n) is 6.49. The van der Waals surface area contributed by atoms with Crippen LogP contribution in [0.5, 0.6) is 5.75 Å². The molecule has 0 spiro atoms. The first-order chi connectivity index (χ1) is 18.1. The topological polar surface area (TPSA) is 71.3 Å². The molecular weight excluding hydrogens is 493 g/mol. The summed E-state index contributed by atoms with van der Waals surface area (Å²) in [6, 6.07) is 13.6. The minimum absolute atomic E-state index is 0.165. The molecular formula is C27H30FN5O3S. The lowest BCUT2D eigenvalue weighted by Crippen LogP contribution is -2.45. The molecule has 2 aromatic carbocycles. The second-order valence-electron chi connectivity index (χ2n) is 8.83. The number of hydrogen-bond donors (Lipinski definition) is 1. The summed E-state index contributed by atoms with van der Waals surface area (Å²) >= 11 is 1.56. The van der Waals surface area contributed by atoms with Crippen LogP contribution in [0.25, 0.3) is 16.2 Å². The van der Waals surface area contributed by atoms with E-state index < -0.39 is 0 Å². The number of aromatic nitrogens is 2. The van der Waals surface area contributed by atoms with E-state index in [-0.39, 0.29) is 11.8 Å². The summed E-state index contributed by atoms with van der Waals surface area (Å²) in [6.45, 7) is 5.10. The average Bonchev–Trinajstić information content (AvgIpc) is 3.51. The molecule has 0 aliphatic carbocycles. The largest absolute Gasteiger partial charge is 0.495 e. The van der Waals surface area contributed by atoms with E-state index in [1.54, 1.807) is 30.6 Å². The zero-order valence-corrected chi connectivity index (χ0v) is 21.5. The number of thiazole rings is 1. The highest BCUT2D eigenvalue weighted by Gasteiger charge is 2.19. The highest BCUT2D eigenvalue weighted by Crippen LogP contribution is 2.25. The van der Waals surface area contributed by atoms with Crippen LogP contribution in [0.4, 0.5) is 14.9 Å². The van der Waals surface area contributed by atoms with Crippen molar-refractivity contribution in [3.05, 3.63) is 71.6 Å². The molecule has 194 valence electrons. The van der Waals surface area contributed by atoms with Crippen molar-refractivity contribution in [2.24, 2.45) is 0 Å². The maximum atomic E-state index is 13.4. The number of rotatable bonds is 9. The molecule has 5 rings (SSSR count). The number of morpholine rings is 1. The molecule has 2 aromatic heterocycles. The van der Waals surface area contributed by atoms with Gasteiger partial charge in [0.05, 0.1) is 31.7 Å². The number of fused-ring (bicyclic) bond motifs is 1. The maximum absolute atomic E-state index is 13.4. The van der Waals surface area contributed by atoms with E-state index in [1.807, 2.05) is 35.4 Å². The van der Waals surface area contributed by atoms with Crippen molar-refractivity contribution in [2.45, 2.75) is 6.42 Å². The van der Waals surface area contributed by atoms with E-state index in [0.717, 1.165) is 54.8 Å². The van der Waals surface area contributed by atoms with E-state index in [2.05, 4.69) is 20.0 Å². The predicted molar refractivity (Wildman–Crippen MR) is 143 cm³/mol. The van der Waals surface area contributed by atoms with E-state index in [1.165, 1.54) is 12.1 Å². The molecule has 0 bridgehead atoms. The number of benzene rings is 2. The Balaban J connectivity index is 1.30. The van der Waals surface area contributed by atoms with Gasteiger partial charge >= 0.3 is 6.03 Å². The van der Waals surface area contributed by atoms with E-state index in [9.17, 15) is 9.18 Å². The van der Waals surface area contributed by atoms with Crippen molar-refractivity contribution in [1.29, 1.82) is 0 Å². The van der Waals surface area contributed by atoms with Gasteiger partial charge in [0.2, 0.25) is 0 Å². The average molecular weight is 524 g/mol. The Morgan fingerprint density at radius 3 is 2.73 bits per heavy atom. The number of urea groups is 1. The highest BCUT2D eigenvalue weighted by atomic mass is 32.1. The van der Waals surface area contributed by atoms with Crippen molar-refractivity contribution in [1.82, 2.24) is 19.2 Å². The third kappa shape index (κ3) is 6.10. The number of ether oxygens (including phenoxy) is 2. The fourth-order valence-corrected chi connectivity index (χ4v) is 5.27. The van der Waals surface area contributed by atoms with Crippen LogP contribution in [-0.2, 0) is 11.2 Å². The predicted octanol–water partition coefficient (Wildman–Crippen LogP) is 4.62. The number of hydrogen-bond acceptors (Lipinski definition) is 6. The van der Waals surface area contributed by atoms with E-state index in [0.29, 0.717) is 30.9 Å². The van der Waals surface area contributed by atoms with Crippen molar-refractivity contribution in [3.8, 4) is 17.0 Å². The molecule has 8 nitrogen and oxygen atoms in total. The minimum atomic E-state index is -0.269. The maximum Gasteiger partial charge on any atom is 0.322 e. The minimum Gasteiger partial charge on any atom is -0.495 e. The Hall–Kier alpha value is -3.47. The van der Waals surface area contributed by atoms with E-state index >= 15 is 0 Å².